The van der Waals surface area contributed by atoms with Gasteiger partial charge in [-0.25, -0.2) is 0 Å². The summed E-state index contributed by atoms with van der Waals surface area (Å²) < 4.78 is 2.64. The van der Waals surface area contributed by atoms with Crippen LogP contribution >= 0.6 is 23.1 Å². The number of rotatable bonds is 2. The van der Waals surface area contributed by atoms with Gasteiger partial charge in [0.05, 0.1) is 0 Å². The molecule has 0 nitrogen and oxygen atoms in total. The quantitative estimate of drug-likeness (QED) is 0.138. The molecule has 7 rings (SSSR count). The lowest BCUT2D eigenvalue weighted by Crippen LogP contribution is -2.10. The topological polar surface area (TPSA) is 0 Å². The Bertz CT molecular complexity index is 1600. The highest BCUT2D eigenvalue weighted by atomic mass is 32.2. The molecule has 0 unspecified atom stereocenters. The van der Waals surface area contributed by atoms with Crippen molar-refractivity contribution < 1.29 is 0 Å². The standard InChI is InChI=1S/C32H20S2/c1-5-16-27-23(12-1)31(24-13-2-6-17-28(24)33-27)21-10-9-11-22(20-21)32-25-14-3-7-18-29(25)34-30-19-8-4-15-26(30)32/h1-20H. The van der Waals surface area contributed by atoms with Gasteiger partial charge >= 0.3 is 0 Å². The van der Waals surface area contributed by atoms with E-state index < -0.39 is 0 Å². The lowest BCUT2D eigenvalue weighted by atomic mass is 9.83. The molecule has 0 N–H and O–H groups in total. The number of hydrogen-bond donors (Lipinski definition) is 0. The first-order chi connectivity index (χ1) is 16.9. The Morgan fingerprint density at radius 2 is 1.09 bits per heavy atom. The summed E-state index contributed by atoms with van der Waals surface area (Å²) in [7, 11) is 0. The van der Waals surface area contributed by atoms with E-state index in [4.69, 9.17) is 0 Å². The summed E-state index contributed by atoms with van der Waals surface area (Å²) in [4.78, 5) is 2.64. The molecule has 1 aromatic heterocycles. The molecule has 0 saturated carbocycles. The smallest absolute Gasteiger partial charge is 0.149 e. The highest BCUT2D eigenvalue weighted by molar-refractivity contribution is 7.99. The summed E-state index contributed by atoms with van der Waals surface area (Å²) in [6.07, 6.45) is 0. The van der Waals surface area contributed by atoms with Crippen LogP contribution in [0, 0.1) is 5.92 Å². The van der Waals surface area contributed by atoms with Gasteiger partial charge in [-0.3, -0.25) is 0 Å². The van der Waals surface area contributed by atoms with Gasteiger partial charge in [0, 0.05) is 28.5 Å². The van der Waals surface area contributed by atoms with Crippen molar-refractivity contribution in [2.45, 2.75) is 9.79 Å². The Morgan fingerprint density at radius 1 is 0.529 bits per heavy atom. The summed E-state index contributed by atoms with van der Waals surface area (Å²) in [5.41, 5.74) is 6.47. The van der Waals surface area contributed by atoms with Crippen LogP contribution in [0.25, 0.3) is 31.3 Å². The van der Waals surface area contributed by atoms with Crippen molar-refractivity contribution in [3.63, 3.8) is 0 Å². The van der Waals surface area contributed by atoms with Crippen molar-refractivity contribution in [3.05, 3.63) is 144 Å². The molecule has 0 amide bonds. The predicted octanol–water partition coefficient (Wildman–Crippen LogP) is 9.49. The zero-order chi connectivity index (χ0) is 22.5. The van der Waals surface area contributed by atoms with E-state index in [-0.39, 0.29) is 0 Å². The van der Waals surface area contributed by atoms with Gasteiger partial charge in [-0.2, -0.15) is 0 Å². The van der Waals surface area contributed by atoms with Crippen LogP contribution in [0.3, 0.4) is 0 Å². The SMILES string of the molecule is c1cc(-c2c3ccccc3[s+]c3ccccc23)cc([C-]2c3ccccc3Sc3ccccc32)c1. The molecule has 1 aliphatic rings. The lowest BCUT2D eigenvalue weighted by molar-refractivity contribution is 1.10. The maximum absolute atomic E-state index is 2.39. The zero-order valence-electron chi connectivity index (χ0n) is 18.4. The fourth-order valence-corrected chi connectivity index (χ4v) is 7.21. The highest BCUT2D eigenvalue weighted by Gasteiger charge is 2.23. The summed E-state index contributed by atoms with van der Waals surface area (Å²) in [5.74, 6) is 1.32. The van der Waals surface area contributed by atoms with E-state index in [1.54, 1.807) is 0 Å². The fraction of sp³-hybridized carbons (Fsp3) is 0. The molecule has 0 aliphatic carbocycles. The summed E-state index contributed by atoms with van der Waals surface area (Å²) in [6, 6.07) is 44.2. The van der Waals surface area contributed by atoms with Gasteiger partial charge in [0.1, 0.15) is 0 Å². The lowest BCUT2D eigenvalue weighted by Gasteiger charge is -2.34. The number of hydrogen-bond acceptors (Lipinski definition) is 1. The third kappa shape index (κ3) is 3.14. The molecule has 0 fully saturated rings. The van der Waals surface area contributed by atoms with Gasteiger partial charge < -0.3 is 0 Å². The molecule has 6 aromatic rings. The van der Waals surface area contributed by atoms with Gasteiger partial charge in [-0.05, 0) is 27.5 Å². The van der Waals surface area contributed by atoms with Crippen LogP contribution in [0.15, 0.2) is 131 Å². The maximum atomic E-state index is 2.39. The molecule has 5 aromatic carbocycles. The van der Waals surface area contributed by atoms with Crippen LogP contribution in [-0.4, -0.2) is 0 Å². The molecule has 0 spiro atoms. The van der Waals surface area contributed by atoms with Gasteiger partial charge in [-0.15, -0.1) is 11.8 Å². The first kappa shape index (κ1) is 19.8. The Morgan fingerprint density at radius 3 is 1.74 bits per heavy atom. The van der Waals surface area contributed by atoms with E-state index in [2.05, 4.69) is 121 Å². The van der Waals surface area contributed by atoms with Crippen molar-refractivity contribution >= 4 is 43.3 Å². The minimum absolute atomic E-state index is 1.26. The molecule has 0 atom stereocenters. The average molecular weight is 469 g/mol. The monoisotopic (exact) mass is 468 g/mol. The molecule has 2 heteroatoms. The summed E-state index contributed by atoms with van der Waals surface area (Å²) in [5, 5.41) is 2.63. The Labute approximate surface area is 207 Å². The van der Waals surface area contributed by atoms with E-state index in [1.165, 1.54) is 63.7 Å². The van der Waals surface area contributed by atoms with Crippen molar-refractivity contribution in [2.24, 2.45) is 0 Å². The maximum Gasteiger partial charge on any atom is 0.239 e. The second-order valence-corrected chi connectivity index (χ2v) is 10.7. The second kappa shape index (κ2) is 8.02. The molecule has 1 aliphatic heterocycles. The van der Waals surface area contributed by atoms with Gasteiger partial charge in [0.25, 0.3) is 0 Å². The van der Waals surface area contributed by atoms with Gasteiger partial charge in [0.2, 0.25) is 20.7 Å². The minimum Gasteiger partial charge on any atom is -0.149 e. The predicted molar refractivity (Wildman–Crippen MR) is 147 cm³/mol. The largest absolute Gasteiger partial charge is 0.239 e. The molecular weight excluding hydrogens is 448 g/mol. The van der Waals surface area contributed by atoms with Gasteiger partial charge in [-0.1, -0.05) is 120 Å². The van der Waals surface area contributed by atoms with E-state index in [0.29, 0.717) is 0 Å². The van der Waals surface area contributed by atoms with Crippen LogP contribution in [0.1, 0.15) is 16.7 Å². The molecule has 2 heterocycles. The number of fused-ring (bicyclic) bond motifs is 4. The third-order valence-corrected chi connectivity index (χ3v) is 8.81. The molecule has 160 valence electrons. The molecule has 0 radical (unpaired) electrons. The first-order valence-corrected chi connectivity index (χ1v) is 13.1. The minimum atomic E-state index is 1.26. The van der Waals surface area contributed by atoms with E-state index in [1.807, 2.05) is 23.1 Å². The van der Waals surface area contributed by atoms with Crippen LogP contribution in [-0.2, 0) is 0 Å². The van der Waals surface area contributed by atoms with Crippen LogP contribution in [0.5, 0.6) is 0 Å². The molecular formula is C32H20S2. The summed E-state index contributed by atoms with van der Waals surface area (Å²) >= 11 is 3.73. The van der Waals surface area contributed by atoms with Crippen molar-refractivity contribution in [3.8, 4) is 11.1 Å². The zero-order valence-corrected chi connectivity index (χ0v) is 20.0. The van der Waals surface area contributed by atoms with Crippen molar-refractivity contribution in [2.75, 3.05) is 0 Å². The molecule has 34 heavy (non-hydrogen) atoms. The third-order valence-electron chi connectivity index (χ3n) is 6.51. The average Bonchev–Trinajstić information content (AvgIpc) is 2.90. The van der Waals surface area contributed by atoms with Crippen LogP contribution < -0.4 is 0 Å². The van der Waals surface area contributed by atoms with Crippen LogP contribution in [0.4, 0.5) is 0 Å². The second-order valence-electron chi connectivity index (χ2n) is 8.52. The van der Waals surface area contributed by atoms with E-state index in [0.717, 1.165) is 0 Å². The van der Waals surface area contributed by atoms with Crippen molar-refractivity contribution in [1.29, 1.82) is 0 Å². The Kier molecular flexibility index (Phi) is 4.68. The Hall–Kier alpha value is -3.59. The molecule has 0 saturated heterocycles. The van der Waals surface area contributed by atoms with Crippen LogP contribution in [0.2, 0.25) is 0 Å². The van der Waals surface area contributed by atoms with E-state index in [9.17, 15) is 0 Å². The Balaban J connectivity index is 1.49. The normalized spacial score (nSPS) is 12.5. The summed E-state index contributed by atoms with van der Waals surface area (Å²) in [6.45, 7) is 0. The highest BCUT2D eigenvalue weighted by Crippen LogP contribution is 2.48. The van der Waals surface area contributed by atoms with Gasteiger partial charge in [0.15, 0.2) is 0 Å². The molecule has 0 bridgehead atoms. The first-order valence-electron chi connectivity index (χ1n) is 11.4. The number of benzene rings is 5. The fourth-order valence-electron chi connectivity index (χ4n) is 5.03. The van der Waals surface area contributed by atoms with E-state index >= 15 is 0 Å². The van der Waals surface area contributed by atoms with Crippen molar-refractivity contribution in [1.82, 2.24) is 0 Å².